The molecule has 0 N–H and O–H groups in total. The van der Waals surface area contributed by atoms with Gasteiger partial charge in [0.2, 0.25) is 0 Å². The molecule has 0 bridgehead atoms. The molecule has 2 heterocycles. The molecule has 0 spiro atoms. The number of nitrogens with zero attached hydrogens (tertiary/aromatic N) is 4. The molecule has 2 aromatic carbocycles. The van der Waals surface area contributed by atoms with E-state index in [1.807, 2.05) is 18.2 Å². The molecule has 0 amide bonds. The number of piperazine rings is 1. The SMILES string of the molecule is Cc1cc(CC#N)cc(CN2CCN(c3nc4ccc(Cl)cc4s3)C[C@H]2C)c1. The summed E-state index contributed by atoms with van der Waals surface area (Å²) in [5, 5.41) is 10.8. The molecule has 0 radical (unpaired) electrons. The first-order valence-electron chi connectivity index (χ1n) is 9.53. The number of halogens is 1. The highest BCUT2D eigenvalue weighted by molar-refractivity contribution is 7.22. The van der Waals surface area contributed by atoms with Crippen LogP contribution in [-0.4, -0.2) is 35.6 Å². The van der Waals surface area contributed by atoms with Crippen molar-refractivity contribution in [3.8, 4) is 6.07 Å². The summed E-state index contributed by atoms with van der Waals surface area (Å²) < 4.78 is 1.14. The van der Waals surface area contributed by atoms with Crippen LogP contribution in [0.1, 0.15) is 23.6 Å². The third-order valence-electron chi connectivity index (χ3n) is 5.24. The van der Waals surface area contributed by atoms with Crippen molar-refractivity contribution in [1.82, 2.24) is 9.88 Å². The van der Waals surface area contributed by atoms with Crippen molar-refractivity contribution in [3.05, 3.63) is 58.1 Å². The summed E-state index contributed by atoms with van der Waals surface area (Å²) in [6.07, 6.45) is 0.472. The van der Waals surface area contributed by atoms with E-state index in [0.29, 0.717) is 12.5 Å². The topological polar surface area (TPSA) is 43.2 Å². The predicted octanol–water partition coefficient (Wildman–Crippen LogP) is 5.03. The van der Waals surface area contributed by atoms with Crippen molar-refractivity contribution < 1.29 is 0 Å². The molecule has 1 atom stereocenters. The Morgan fingerprint density at radius 2 is 2.04 bits per heavy atom. The molecule has 6 heteroatoms. The van der Waals surface area contributed by atoms with Gasteiger partial charge < -0.3 is 4.90 Å². The van der Waals surface area contributed by atoms with Crippen LogP contribution in [0, 0.1) is 18.3 Å². The Morgan fingerprint density at radius 3 is 2.82 bits per heavy atom. The average Bonchev–Trinajstić information content (AvgIpc) is 3.06. The second-order valence-electron chi connectivity index (χ2n) is 7.54. The van der Waals surface area contributed by atoms with Crippen LogP contribution < -0.4 is 4.90 Å². The van der Waals surface area contributed by atoms with E-state index in [0.717, 1.165) is 52.1 Å². The Kier molecular flexibility index (Phi) is 5.54. The number of hydrogen-bond acceptors (Lipinski definition) is 5. The summed E-state index contributed by atoms with van der Waals surface area (Å²) in [6.45, 7) is 8.23. The number of aromatic nitrogens is 1. The zero-order valence-electron chi connectivity index (χ0n) is 16.2. The Bertz CT molecular complexity index is 1040. The quantitative estimate of drug-likeness (QED) is 0.604. The van der Waals surface area contributed by atoms with Crippen LogP contribution >= 0.6 is 22.9 Å². The largest absolute Gasteiger partial charge is 0.345 e. The summed E-state index contributed by atoms with van der Waals surface area (Å²) in [5.41, 5.74) is 4.64. The van der Waals surface area contributed by atoms with Crippen molar-refractivity contribution >= 4 is 38.3 Å². The van der Waals surface area contributed by atoms with Crippen LogP contribution in [0.4, 0.5) is 5.13 Å². The standard InChI is InChI=1S/C22H23ClN4S/c1-15-9-17(5-6-24)11-18(10-15)14-26-7-8-27(13-16(26)2)22-25-20-4-3-19(23)12-21(20)28-22/h3-4,9-12,16H,5,7-8,13-14H2,1-2H3/t16-/m1/s1. The fourth-order valence-corrected chi connectivity index (χ4v) is 5.17. The molecule has 0 aliphatic carbocycles. The summed E-state index contributed by atoms with van der Waals surface area (Å²) in [6, 6.07) is 15.1. The normalized spacial score (nSPS) is 17.8. The van der Waals surface area contributed by atoms with E-state index in [4.69, 9.17) is 21.8 Å². The predicted molar refractivity (Wildman–Crippen MR) is 117 cm³/mol. The highest BCUT2D eigenvalue weighted by Crippen LogP contribution is 2.32. The number of nitriles is 1. The highest BCUT2D eigenvalue weighted by Gasteiger charge is 2.25. The second-order valence-corrected chi connectivity index (χ2v) is 8.98. The fourth-order valence-electron chi connectivity index (χ4n) is 3.89. The molecule has 1 aliphatic heterocycles. The van der Waals surface area contributed by atoms with Gasteiger partial charge in [0.25, 0.3) is 0 Å². The lowest BCUT2D eigenvalue weighted by Crippen LogP contribution is -2.51. The first-order valence-corrected chi connectivity index (χ1v) is 10.7. The van der Waals surface area contributed by atoms with Crippen LogP contribution in [0.15, 0.2) is 36.4 Å². The van der Waals surface area contributed by atoms with Gasteiger partial charge in [-0.15, -0.1) is 0 Å². The monoisotopic (exact) mass is 410 g/mol. The van der Waals surface area contributed by atoms with Crippen molar-refractivity contribution in [2.24, 2.45) is 0 Å². The average molecular weight is 411 g/mol. The van der Waals surface area contributed by atoms with Crippen LogP contribution in [0.25, 0.3) is 10.2 Å². The molecular formula is C22H23ClN4S. The minimum absolute atomic E-state index is 0.435. The lowest BCUT2D eigenvalue weighted by molar-refractivity contribution is 0.181. The molecule has 0 saturated carbocycles. The summed E-state index contributed by atoms with van der Waals surface area (Å²) in [4.78, 5) is 9.71. The molecule has 28 heavy (non-hydrogen) atoms. The van der Waals surface area contributed by atoms with Gasteiger partial charge in [0.05, 0.1) is 22.7 Å². The minimum Gasteiger partial charge on any atom is -0.345 e. The third kappa shape index (κ3) is 4.15. The summed E-state index contributed by atoms with van der Waals surface area (Å²) >= 11 is 7.83. The Hall–Kier alpha value is -2.13. The zero-order valence-corrected chi connectivity index (χ0v) is 17.7. The molecule has 1 saturated heterocycles. The molecule has 4 rings (SSSR count). The fraction of sp³-hybridized carbons (Fsp3) is 0.364. The number of rotatable bonds is 4. The Labute approximate surface area is 175 Å². The van der Waals surface area contributed by atoms with Crippen LogP contribution in [0.5, 0.6) is 0 Å². The van der Waals surface area contributed by atoms with E-state index in [1.165, 1.54) is 11.1 Å². The van der Waals surface area contributed by atoms with Crippen molar-refractivity contribution in [3.63, 3.8) is 0 Å². The van der Waals surface area contributed by atoms with Gasteiger partial charge in [-0.1, -0.05) is 46.7 Å². The van der Waals surface area contributed by atoms with Crippen molar-refractivity contribution in [2.45, 2.75) is 32.9 Å². The van der Waals surface area contributed by atoms with E-state index in [2.05, 4.69) is 47.9 Å². The maximum Gasteiger partial charge on any atom is 0.186 e. The van der Waals surface area contributed by atoms with E-state index in [-0.39, 0.29) is 0 Å². The lowest BCUT2D eigenvalue weighted by atomic mass is 10.0. The number of fused-ring (bicyclic) bond motifs is 1. The first kappa shape index (κ1) is 19.2. The zero-order chi connectivity index (χ0) is 19.7. The minimum atomic E-state index is 0.435. The number of aryl methyl sites for hydroxylation is 1. The van der Waals surface area contributed by atoms with E-state index >= 15 is 0 Å². The number of benzene rings is 2. The van der Waals surface area contributed by atoms with Crippen LogP contribution in [0.2, 0.25) is 5.02 Å². The molecular weight excluding hydrogens is 388 g/mol. The van der Waals surface area contributed by atoms with Gasteiger partial charge >= 0.3 is 0 Å². The summed E-state index contributed by atoms with van der Waals surface area (Å²) in [5.74, 6) is 0. The number of anilines is 1. The summed E-state index contributed by atoms with van der Waals surface area (Å²) in [7, 11) is 0. The Morgan fingerprint density at radius 1 is 1.21 bits per heavy atom. The van der Waals surface area contributed by atoms with Crippen molar-refractivity contribution in [1.29, 1.82) is 5.26 Å². The van der Waals surface area contributed by atoms with Gasteiger partial charge in [-0.05, 0) is 43.2 Å². The highest BCUT2D eigenvalue weighted by atomic mass is 35.5. The molecule has 1 aliphatic rings. The van der Waals surface area contributed by atoms with Gasteiger partial charge in [-0.3, -0.25) is 4.90 Å². The third-order valence-corrected chi connectivity index (χ3v) is 6.55. The van der Waals surface area contributed by atoms with Gasteiger partial charge in [0.15, 0.2) is 5.13 Å². The molecule has 4 nitrogen and oxygen atoms in total. The number of thiazole rings is 1. The van der Waals surface area contributed by atoms with E-state index < -0.39 is 0 Å². The van der Waals surface area contributed by atoms with E-state index in [1.54, 1.807) is 11.3 Å². The molecule has 1 aromatic heterocycles. The van der Waals surface area contributed by atoms with Crippen molar-refractivity contribution in [2.75, 3.05) is 24.5 Å². The Balaban J connectivity index is 1.46. The van der Waals surface area contributed by atoms with Gasteiger partial charge in [0.1, 0.15) is 0 Å². The molecule has 144 valence electrons. The second kappa shape index (κ2) is 8.08. The van der Waals surface area contributed by atoms with Crippen LogP contribution in [-0.2, 0) is 13.0 Å². The van der Waals surface area contributed by atoms with E-state index in [9.17, 15) is 0 Å². The maximum absolute atomic E-state index is 8.99. The maximum atomic E-state index is 8.99. The van der Waals surface area contributed by atoms with Crippen LogP contribution in [0.3, 0.4) is 0 Å². The molecule has 3 aromatic rings. The molecule has 0 unspecified atom stereocenters. The van der Waals surface area contributed by atoms with Gasteiger partial charge in [-0.2, -0.15) is 5.26 Å². The van der Waals surface area contributed by atoms with Gasteiger partial charge in [-0.25, -0.2) is 4.98 Å². The lowest BCUT2D eigenvalue weighted by Gasteiger charge is -2.39. The van der Waals surface area contributed by atoms with Gasteiger partial charge in [0, 0.05) is 37.2 Å². The first-order chi connectivity index (χ1) is 13.5. The smallest absolute Gasteiger partial charge is 0.186 e. The number of hydrogen-bond donors (Lipinski definition) is 0. The molecule has 1 fully saturated rings.